The summed E-state index contributed by atoms with van der Waals surface area (Å²) in [5.74, 6) is -0.0454. The number of fused-ring (bicyclic) bond motifs is 2. The van der Waals surface area contributed by atoms with Gasteiger partial charge in [-0.15, -0.1) is 5.10 Å². The van der Waals surface area contributed by atoms with Crippen LogP contribution < -0.4 is 4.90 Å². The van der Waals surface area contributed by atoms with Crippen LogP contribution in [0.4, 0.5) is 5.13 Å². The Hall–Kier alpha value is -2.84. The zero-order chi connectivity index (χ0) is 20.5. The average molecular weight is 409 g/mol. The molecule has 4 rings (SSSR count). The number of carbonyl (C=O) groups is 1. The van der Waals surface area contributed by atoms with Crippen LogP contribution in [-0.4, -0.2) is 58.0 Å². The molecule has 1 amide bonds. The van der Waals surface area contributed by atoms with Crippen LogP contribution >= 0.6 is 11.3 Å². The average Bonchev–Trinajstić information content (AvgIpc) is 3.30. The molecular weight excluding hydrogens is 384 g/mol. The Labute approximate surface area is 173 Å². The van der Waals surface area contributed by atoms with Crippen LogP contribution in [0.15, 0.2) is 36.4 Å². The summed E-state index contributed by atoms with van der Waals surface area (Å²) in [6.07, 6.45) is 0. The third kappa shape index (κ3) is 3.86. The van der Waals surface area contributed by atoms with Crippen molar-refractivity contribution in [3.8, 4) is 0 Å². The van der Waals surface area contributed by atoms with Crippen molar-refractivity contribution in [1.29, 1.82) is 0 Å². The molecule has 8 heteroatoms. The fourth-order valence-electron chi connectivity index (χ4n) is 3.20. The van der Waals surface area contributed by atoms with Gasteiger partial charge in [0, 0.05) is 13.1 Å². The predicted molar refractivity (Wildman–Crippen MR) is 118 cm³/mol. The van der Waals surface area contributed by atoms with Gasteiger partial charge < -0.3 is 4.90 Å². The first-order valence-corrected chi connectivity index (χ1v) is 10.4. The number of para-hydroxylation sites is 1. The second-order valence-electron chi connectivity index (χ2n) is 7.44. The third-order valence-corrected chi connectivity index (χ3v) is 6.13. The number of aryl methyl sites for hydroxylation is 2. The van der Waals surface area contributed by atoms with Gasteiger partial charge in [0.2, 0.25) is 0 Å². The first-order valence-electron chi connectivity index (χ1n) is 9.54. The van der Waals surface area contributed by atoms with Crippen molar-refractivity contribution in [1.82, 2.24) is 24.9 Å². The molecular formula is C21H24N6OS. The Bertz CT molecular complexity index is 1180. The molecule has 29 heavy (non-hydrogen) atoms. The van der Waals surface area contributed by atoms with E-state index in [-0.39, 0.29) is 12.5 Å². The Morgan fingerprint density at radius 2 is 1.90 bits per heavy atom. The molecule has 0 aliphatic heterocycles. The monoisotopic (exact) mass is 408 g/mol. The molecule has 0 unspecified atom stereocenters. The number of hydrogen-bond donors (Lipinski definition) is 0. The highest BCUT2D eigenvalue weighted by atomic mass is 32.1. The van der Waals surface area contributed by atoms with Gasteiger partial charge in [0.25, 0.3) is 5.91 Å². The lowest BCUT2D eigenvalue weighted by Crippen LogP contribution is -2.38. The van der Waals surface area contributed by atoms with E-state index in [1.165, 1.54) is 5.56 Å². The van der Waals surface area contributed by atoms with Crippen LogP contribution in [-0.2, 0) is 11.3 Å². The minimum absolute atomic E-state index is 0.0454. The highest BCUT2D eigenvalue weighted by molar-refractivity contribution is 7.22. The molecule has 0 radical (unpaired) electrons. The minimum Gasteiger partial charge on any atom is -0.308 e. The molecule has 0 saturated heterocycles. The number of aromatic nitrogens is 4. The van der Waals surface area contributed by atoms with Gasteiger partial charge in [-0.1, -0.05) is 34.7 Å². The highest BCUT2D eigenvalue weighted by Gasteiger charge is 2.22. The summed E-state index contributed by atoms with van der Waals surface area (Å²) >= 11 is 1.55. The molecule has 0 fully saturated rings. The summed E-state index contributed by atoms with van der Waals surface area (Å²) in [5, 5.41) is 9.05. The van der Waals surface area contributed by atoms with Gasteiger partial charge in [-0.25, -0.2) is 9.67 Å². The van der Waals surface area contributed by atoms with Crippen LogP contribution in [0.2, 0.25) is 0 Å². The number of likely N-dealkylation sites (N-methyl/N-ethyl adjacent to an activating group) is 1. The number of amides is 1. The van der Waals surface area contributed by atoms with E-state index in [2.05, 4.69) is 41.2 Å². The second kappa shape index (κ2) is 7.88. The van der Waals surface area contributed by atoms with Gasteiger partial charge in [-0.3, -0.25) is 9.69 Å². The number of benzene rings is 2. The lowest BCUT2D eigenvalue weighted by atomic mass is 10.1. The first kappa shape index (κ1) is 19.5. The molecule has 0 spiro atoms. The van der Waals surface area contributed by atoms with Gasteiger partial charge in [-0.2, -0.15) is 0 Å². The van der Waals surface area contributed by atoms with Crippen LogP contribution in [0, 0.1) is 13.8 Å². The topological polar surface area (TPSA) is 67.2 Å². The van der Waals surface area contributed by atoms with E-state index in [4.69, 9.17) is 4.98 Å². The smallest absolute Gasteiger partial charge is 0.250 e. The van der Waals surface area contributed by atoms with Crippen molar-refractivity contribution in [2.45, 2.75) is 20.4 Å². The van der Waals surface area contributed by atoms with E-state index in [0.29, 0.717) is 6.54 Å². The standard InChI is InChI=1S/C21H24N6OS/c1-14-9-10-18-20(15(14)2)22-21(29-18)26(12-11-25(3)4)19(28)13-27-17-8-6-5-7-16(17)23-24-27/h5-10H,11-13H2,1-4H3. The number of thiazole rings is 1. The highest BCUT2D eigenvalue weighted by Crippen LogP contribution is 2.32. The normalized spacial score (nSPS) is 11.6. The Balaban J connectivity index is 1.68. The molecule has 0 N–H and O–H groups in total. The van der Waals surface area contributed by atoms with Gasteiger partial charge in [0.1, 0.15) is 12.1 Å². The summed E-state index contributed by atoms with van der Waals surface area (Å²) in [6.45, 7) is 5.60. The quantitative estimate of drug-likeness (QED) is 0.490. The summed E-state index contributed by atoms with van der Waals surface area (Å²) < 4.78 is 2.75. The maximum atomic E-state index is 13.3. The van der Waals surface area contributed by atoms with E-state index >= 15 is 0 Å². The summed E-state index contributed by atoms with van der Waals surface area (Å²) in [7, 11) is 4.00. The molecule has 0 aliphatic rings. The molecule has 0 atom stereocenters. The first-order chi connectivity index (χ1) is 13.9. The molecule has 7 nitrogen and oxygen atoms in total. The fraction of sp³-hybridized carbons (Fsp3) is 0.333. The number of rotatable bonds is 6. The molecule has 2 aromatic heterocycles. The number of nitrogens with zero attached hydrogens (tertiary/aromatic N) is 6. The molecule has 0 aliphatic carbocycles. The maximum absolute atomic E-state index is 13.3. The minimum atomic E-state index is -0.0454. The lowest BCUT2D eigenvalue weighted by Gasteiger charge is -2.22. The van der Waals surface area contributed by atoms with E-state index in [9.17, 15) is 4.79 Å². The molecule has 4 aromatic rings. The third-order valence-electron chi connectivity index (χ3n) is 5.08. The Morgan fingerprint density at radius 3 is 2.69 bits per heavy atom. The number of hydrogen-bond acceptors (Lipinski definition) is 6. The maximum Gasteiger partial charge on any atom is 0.250 e. The van der Waals surface area contributed by atoms with Gasteiger partial charge >= 0.3 is 0 Å². The second-order valence-corrected chi connectivity index (χ2v) is 8.44. The van der Waals surface area contributed by atoms with Gasteiger partial charge in [-0.05, 0) is 57.3 Å². The van der Waals surface area contributed by atoms with Crippen LogP contribution in [0.1, 0.15) is 11.1 Å². The van der Waals surface area contributed by atoms with Gasteiger partial charge in [0.05, 0.1) is 15.7 Å². The fourth-order valence-corrected chi connectivity index (χ4v) is 4.27. The predicted octanol–water partition coefficient (Wildman–Crippen LogP) is 3.25. The van der Waals surface area contributed by atoms with Crippen LogP contribution in [0.25, 0.3) is 21.3 Å². The molecule has 2 aromatic carbocycles. The molecule has 2 heterocycles. The van der Waals surface area contributed by atoms with Crippen LogP contribution in [0.3, 0.4) is 0 Å². The molecule has 0 bridgehead atoms. The van der Waals surface area contributed by atoms with Crippen molar-refractivity contribution in [2.24, 2.45) is 0 Å². The van der Waals surface area contributed by atoms with E-state index < -0.39 is 0 Å². The van der Waals surface area contributed by atoms with E-state index in [1.807, 2.05) is 38.4 Å². The summed E-state index contributed by atoms with van der Waals surface area (Å²) in [5.41, 5.74) is 4.97. The summed E-state index contributed by atoms with van der Waals surface area (Å²) in [4.78, 5) is 21.9. The zero-order valence-electron chi connectivity index (χ0n) is 17.1. The molecule has 150 valence electrons. The van der Waals surface area contributed by atoms with Gasteiger partial charge in [0.15, 0.2) is 5.13 Å². The van der Waals surface area contributed by atoms with Crippen molar-refractivity contribution in [3.63, 3.8) is 0 Å². The van der Waals surface area contributed by atoms with Crippen molar-refractivity contribution >= 4 is 43.6 Å². The van der Waals surface area contributed by atoms with Crippen LogP contribution in [0.5, 0.6) is 0 Å². The Kier molecular flexibility index (Phi) is 5.29. The Morgan fingerprint density at radius 1 is 1.10 bits per heavy atom. The van der Waals surface area contributed by atoms with Crippen molar-refractivity contribution in [2.75, 3.05) is 32.1 Å². The van der Waals surface area contributed by atoms with E-state index in [1.54, 1.807) is 20.9 Å². The summed E-state index contributed by atoms with van der Waals surface area (Å²) in [6, 6.07) is 11.8. The molecule has 0 saturated carbocycles. The number of anilines is 1. The lowest BCUT2D eigenvalue weighted by molar-refractivity contribution is -0.119. The zero-order valence-corrected chi connectivity index (χ0v) is 17.9. The van der Waals surface area contributed by atoms with Crippen molar-refractivity contribution in [3.05, 3.63) is 47.5 Å². The van der Waals surface area contributed by atoms with Crippen molar-refractivity contribution < 1.29 is 4.79 Å². The SMILES string of the molecule is Cc1ccc2sc(N(CCN(C)C)C(=O)Cn3nnc4ccccc43)nc2c1C. The van der Waals surface area contributed by atoms with E-state index in [0.717, 1.165) is 38.5 Å². The largest absolute Gasteiger partial charge is 0.308 e. The number of carbonyl (C=O) groups excluding carboxylic acids is 1.